The number of halogens is 4. The number of anilines is 1. The lowest BCUT2D eigenvalue weighted by atomic mass is 10.2. The molecule has 0 radical (unpaired) electrons. The maximum atomic E-state index is 12.8. The largest absolute Gasteiger partial charge is 0.417 e. The van der Waals surface area contributed by atoms with Crippen LogP contribution >= 0.6 is 23.4 Å². The van der Waals surface area contributed by atoms with Gasteiger partial charge >= 0.3 is 6.18 Å². The van der Waals surface area contributed by atoms with Gasteiger partial charge in [-0.2, -0.15) is 13.2 Å². The van der Waals surface area contributed by atoms with Crippen molar-refractivity contribution >= 4 is 46.0 Å². The molecule has 1 heterocycles. The minimum Gasteiger partial charge on any atom is -0.333 e. The third kappa shape index (κ3) is 4.26. The van der Waals surface area contributed by atoms with E-state index in [-0.39, 0.29) is 11.4 Å². The molecule has 0 fully saturated rings. The molecule has 4 nitrogen and oxygen atoms in total. The first-order chi connectivity index (χ1) is 11.8. The first-order valence-corrected chi connectivity index (χ1v) is 8.43. The first-order valence-electron chi connectivity index (χ1n) is 7.07. The predicted octanol–water partition coefficient (Wildman–Crippen LogP) is 4.97. The maximum Gasteiger partial charge on any atom is 0.417 e. The Bertz CT molecular complexity index is 893. The lowest BCUT2D eigenvalue weighted by molar-refractivity contribution is -0.137. The number of thioether (sulfide) groups is 1. The van der Waals surface area contributed by atoms with Crippen molar-refractivity contribution in [3.8, 4) is 0 Å². The molecule has 2 N–H and O–H groups in total. The van der Waals surface area contributed by atoms with Gasteiger partial charge in [-0.3, -0.25) is 4.79 Å². The van der Waals surface area contributed by atoms with Crippen molar-refractivity contribution in [1.82, 2.24) is 9.97 Å². The van der Waals surface area contributed by atoms with E-state index in [1.807, 2.05) is 24.3 Å². The summed E-state index contributed by atoms with van der Waals surface area (Å²) in [4.78, 5) is 19.3. The average Bonchev–Trinajstić information content (AvgIpc) is 2.96. The van der Waals surface area contributed by atoms with Gasteiger partial charge in [0.2, 0.25) is 5.91 Å². The molecule has 0 atom stereocenters. The fraction of sp³-hybridized carbons (Fsp3) is 0.125. The molecule has 0 saturated heterocycles. The molecule has 9 heteroatoms. The Kier molecular flexibility index (Phi) is 4.91. The molecule has 1 amide bonds. The Morgan fingerprint density at radius 1 is 1.24 bits per heavy atom. The Balaban J connectivity index is 1.64. The smallest absolute Gasteiger partial charge is 0.333 e. The van der Waals surface area contributed by atoms with Crippen molar-refractivity contribution in [2.45, 2.75) is 11.3 Å². The number of para-hydroxylation sites is 2. The van der Waals surface area contributed by atoms with Crippen LogP contribution in [0.25, 0.3) is 11.0 Å². The van der Waals surface area contributed by atoms with Crippen LogP contribution in [-0.2, 0) is 11.0 Å². The second-order valence-electron chi connectivity index (χ2n) is 5.09. The van der Waals surface area contributed by atoms with Gasteiger partial charge in [0.25, 0.3) is 0 Å². The number of imidazole rings is 1. The molecular formula is C16H11ClF3N3OS. The molecule has 3 aromatic rings. The Labute approximate surface area is 149 Å². The molecule has 0 aliphatic rings. The monoisotopic (exact) mass is 385 g/mol. The SMILES string of the molecule is O=C(CSc1nc2ccccc2[nH]1)Nc1ccc(Cl)c(C(F)(F)F)c1. The standard InChI is InChI=1S/C16H11ClF3N3OS/c17-11-6-5-9(7-10(11)16(18,19)20)21-14(24)8-25-15-22-12-3-1-2-4-13(12)23-15/h1-7H,8H2,(H,21,24)(H,22,23). The Morgan fingerprint density at radius 3 is 2.72 bits per heavy atom. The van der Waals surface area contributed by atoms with E-state index in [0.717, 1.165) is 34.9 Å². The summed E-state index contributed by atoms with van der Waals surface area (Å²) in [5.41, 5.74) is 0.666. The second-order valence-corrected chi connectivity index (χ2v) is 6.46. The van der Waals surface area contributed by atoms with Crippen molar-refractivity contribution in [1.29, 1.82) is 0 Å². The van der Waals surface area contributed by atoms with Crippen molar-refractivity contribution < 1.29 is 18.0 Å². The third-order valence-electron chi connectivity index (χ3n) is 3.26. The van der Waals surface area contributed by atoms with Crippen LogP contribution in [-0.4, -0.2) is 21.6 Å². The molecular weight excluding hydrogens is 375 g/mol. The molecule has 130 valence electrons. The second kappa shape index (κ2) is 6.97. The highest BCUT2D eigenvalue weighted by molar-refractivity contribution is 7.99. The molecule has 1 aromatic heterocycles. The highest BCUT2D eigenvalue weighted by Crippen LogP contribution is 2.36. The van der Waals surface area contributed by atoms with Crippen LogP contribution in [0, 0.1) is 0 Å². The Hall–Kier alpha value is -2.19. The molecule has 0 bridgehead atoms. The summed E-state index contributed by atoms with van der Waals surface area (Å²) in [5.74, 6) is -0.440. The van der Waals surface area contributed by atoms with Gasteiger partial charge in [0, 0.05) is 5.69 Å². The fourth-order valence-corrected chi connectivity index (χ4v) is 3.06. The number of carbonyl (C=O) groups excluding carboxylic acids is 1. The maximum absolute atomic E-state index is 12.8. The van der Waals surface area contributed by atoms with Gasteiger partial charge in [-0.05, 0) is 30.3 Å². The zero-order valence-electron chi connectivity index (χ0n) is 12.5. The number of rotatable bonds is 4. The summed E-state index contributed by atoms with van der Waals surface area (Å²) < 4.78 is 38.5. The van der Waals surface area contributed by atoms with Gasteiger partial charge in [-0.15, -0.1) is 0 Å². The van der Waals surface area contributed by atoms with Crippen molar-refractivity contribution in [3.63, 3.8) is 0 Å². The summed E-state index contributed by atoms with van der Waals surface area (Å²) >= 11 is 6.71. The van der Waals surface area contributed by atoms with E-state index >= 15 is 0 Å². The molecule has 0 aliphatic carbocycles. The lowest BCUT2D eigenvalue weighted by Crippen LogP contribution is -2.15. The number of amides is 1. The summed E-state index contributed by atoms with van der Waals surface area (Å²) in [6.07, 6.45) is -4.58. The van der Waals surface area contributed by atoms with Crippen LogP contribution in [0.15, 0.2) is 47.6 Å². The quantitative estimate of drug-likeness (QED) is 0.624. The van der Waals surface area contributed by atoms with Crippen LogP contribution in [0.3, 0.4) is 0 Å². The summed E-state index contributed by atoms with van der Waals surface area (Å²) in [7, 11) is 0. The van der Waals surface area contributed by atoms with Crippen LogP contribution in [0.4, 0.5) is 18.9 Å². The normalized spacial score (nSPS) is 11.7. The highest BCUT2D eigenvalue weighted by Gasteiger charge is 2.33. The van der Waals surface area contributed by atoms with E-state index in [4.69, 9.17) is 11.6 Å². The molecule has 0 unspecified atom stereocenters. The van der Waals surface area contributed by atoms with E-state index in [1.54, 1.807) is 0 Å². The summed E-state index contributed by atoms with van der Waals surface area (Å²) in [5, 5.41) is 2.57. The van der Waals surface area contributed by atoms with E-state index in [0.29, 0.717) is 5.16 Å². The highest BCUT2D eigenvalue weighted by atomic mass is 35.5. The van der Waals surface area contributed by atoms with E-state index in [1.165, 1.54) is 6.07 Å². The molecule has 25 heavy (non-hydrogen) atoms. The fourth-order valence-electron chi connectivity index (χ4n) is 2.15. The number of hydrogen-bond donors (Lipinski definition) is 2. The number of H-pyrrole nitrogens is 1. The molecule has 0 spiro atoms. The summed E-state index contributed by atoms with van der Waals surface area (Å²) in [6.45, 7) is 0. The topological polar surface area (TPSA) is 57.8 Å². The predicted molar refractivity (Wildman–Crippen MR) is 91.9 cm³/mol. The molecule has 2 aromatic carbocycles. The zero-order valence-corrected chi connectivity index (χ0v) is 14.1. The summed E-state index contributed by atoms with van der Waals surface area (Å²) in [6, 6.07) is 10.6. The van der Waals surface area contributed by atoms with Gasteiger partial charge in [0.1, 0.15) is 0 Å². The van der Waals surface area contributed by atoms with Crippen molar-refractivity contribution in [2.24, 2.45) is 0 Å². The minimum absolute atomic E-state index is 0.00377. The van der Waals surface area contributed by atoms with Gasteiger partial charge in [-0.1, -0.05) is 35.5 Å². The first kappa shape index (κ1) is 17.6. The number of nitrogens with zero attached hydrogens (tertiary/aromatic N) is 1. The number of fused-ring (bicyclic) bond motifs is 1. The van der Waals surface area contributed by atoms with Crippen LogP contribution in [0.5, 0.6) is 0 Å². The van der Waals surface area contributed by atoms with E-state index < -0.39 is 22.7 Å². The number of alkyl halides is 3. The number of benzene rings is 2. The number of carbonyl (C=O) groups is 1. The van der Waals surface area contributed by atoms with Gasteiger partial charge in [-0.25, -0.2) is 4.98 Å². The van der Waals surface area contributed by atoms with Gasteiger partial charge in [0.15, 0.2) is 5.16 Å². The van der Waals surface area contributed by atoms with Crippen molar-refractivity contribution in [3.05, 3.63) is 53.1 Å². The van der Waals surface area contributed by atoms with E-state index in [9.17, 15) is 18.0 Å². The number of hydrogen-bond acceptors (Lipinski definition) is 3. The van der Waals surface area contributed by atoms with Gasteiger partial charge < -0.3 is 10.3 Å². The zero-order chi connectivity index (χ0) is 18.0. The van der Waals surface area contributed by atoms with Crippen LogP contribution in [0.2, 0.25) is 5.02 Å². The van der Waals surface area contributed by atoms with E-state index in [2.05, 4.69) is 15.3 Å². The van der Waals surface area contributed by atoms with Crippen LogP contribution in [0.1, 0.15) is 5.56 Å². The van der Waals surface area contributed by atoms with Gasteiger partial charge in [0.05, 0.1) is 27.4 Å². The molecule has 0 saturated carbocycles. The molecule has 3 rings (SSSR count). The number of aromatic amines is 1. The Morgan fingerprint density at radius 2 is 2.00 bits per heavy atom. The number of aromatic nitrogens is 2. The molecule has 0 aliphatic heterocycles. The lowest BCUT2D eigenvalue weighted by Gasteiger charge is -2.11. The van der Waals surface area contributed by atoms with Crippen molar-refractivity contribution in [2.75, 3.05) is 11.1 Å². The average molecular weight is 386 g/mol. The third-order valence-corrected chi connectivity index (χ3v) is 4.47. The number of nitrogens with one attached hydrogen (secondary N) is 2. The minimum atomic E-state index is -4.58. The van der Waals surface area contributed by atoms with Crippen LogP contribution < -0.4 is 5.32 Å².